The molecule has 2 heterocycles. The van der Waals surface area contributed by atoms with Crippen LogP contribution >= 0.6 is 0 Å². The second kappa shape index (κ2) is 7.32. The number of alkyl carbamates (subject to hydrolysis) is 1. The number of rotatable bonds is 4. The van der Waals surface area contributed by atoms with Crippen LogP contribution in [-0.2, 0) is 4.74 Å². The van der Waals surface area contributed by atoms with Crippen molar-refractivity contribution in [3.8, 4) is 0 Å². The molecule has 2 unspecified atom stereocenters. The highest BCUT2D eigenvalue weighted by molar-refractivity contribution is 5.68. The Bertz CT molecular complexity index is 713. The maximum absolute atomic E-state index is 14.6. The Kier molecular flexibility index (Phi) is 5.25. The molecule has 0 bridgehead atoms. The quantitative estimate of drug-likeness (QED) is 0.633. The number of alkyl halides is 1. The maximum Gasteiger partial charge on any atom is 0.407 e. The molecule has 1 aromatic heterocycles. The lowest BCUT2D eigenvalue weighted by molar-refractivity contribution is -0.384. The van der Waals surface area contributed by atoms with Gasteiger partial charge >= 0.3 is 11.8 Å². The lowest BCUT2D eigenvalue weighted by Crippen LogP contribution is -2.44. The third kappa shape index (κ3) is 4.67. The third-order valence-corrected chi connectivity index (χ3v) is 4.66. The summed E-state index contributed by atoms with van der Waals surface area (Å²) in [4.78, 5) is 24.7. The number of carbonyl (C=O) groups excluding carboxylic acids is 1. The fraction of sp³-hybridized carbons (Fsp3) is 0.765. The van der Waals surface area contributed by atoms with Crippen LogP contribution in [0.25, 0.3) is 0 Å². The SMILES string of the molecule is CC(C)(C)OC(=O)NC1CCN(c2c([N+](=O)[O-])cnn2C2CC2)CCC1F. The van der Waals surface area contributed by atoms with Gasteiger partial charge in [0, 0.05) is 13.1 Å². The van der Waals surface area contributed by atoms with Crippen LogP contribution in [0.2, 0.25) is 0 Å². The van der Waals surface area contributed by atoms with E-state index in [9.17, 15) is 19.3 Å². The minimum absolute atomic E-state index is 0.0594. The average molecular weight is 383 g/mol. The van der Waals surface area contributed by atoms with E-state index in [1.165, 1.54) is 6.20 Å². The molecule has 0 radical (unpaired) electrons. The summed E-state index contributed by atoms with van der Waals surface area (Å²) in [7, 11) is 0. The second-order valence-corrected chi connectivity index (χ2v) is 8.12. The fourth-order valence-corrected chi connectivity index (χ4v) is 3.27. The number of nitro groups is 1. The zero-order valence-corrected chi connectivity index (χ0v) is 15.9. The Balaban J connectivity index is 1.72. The van der Waals surface area contributed by atoms with Crippen LogP contribution < -0.4 is 10.2 Å². The summed E-state index contributed by atoms with van der Waals surface area (Å²) in [5, 5.41) is 18.2. The van der Waals surface area contributed by atoms with Gasteiger partial charge in [-0.2, -0.15) is 5.10 Å². The van der Waals surface area contributed by atoms with Crippen molar-refractivity contribution in [2.24, 2.45) is 0 Å². The van der Waals surface area contributed by atoms with Crippen molar-refractivity contribution in [2.45, 2.75) is 70.3 Å². The van der Waals surface area contributed by atoms with Gasteiger partial charge in [-0.1, -0.05) is 0 Å². The van der Waals surface area contributed by atoms with Gasteiger partial charge in [-0.05, 0) is 46.5 Å². The number of amides is 1. The molecule has 0 spiro atoms. The zero-order chi connectivity index (χ0) is 19.8. The van der Waals surface area contributed by atoms with Gasteiger partial charge in [0.25, 0.3) is 0 Å². The Labute approximate surface area is 157 Å². The molecule has 1 N–H and O–H groups in total. The Morgan fingerprint density at radius 1 is 1.33 bits per heavy atom. The maximum atomic E-state index is 14.6. The summed E-state index contributed by atoms with van der Waals surface area (Å²) in [6, 6.07) is -0.519. The summed E-state index contributed by atoms with van der Waals surface area (Å²) in [5.41, 5.74) is -0.722. The van der Waals surface area contributed by atoms with Crippen molar-refractivity contribution in [3.63, 3.8) is 0 Å². The van der Waals surface area contributed by atoms with E-state index in [0.29, 0.717) is 25.3 Å². The highest BCUT2D eigenvalue weighted by Gasteiger charge is 2.36. The number of anilines is 1. The first-order chi connectivity index (χ1) is 12.7. The molecule has 27 heavy (non-hydrogen) atoms. The van der Waals surface area contributed by atoms with Gasteiger partial charge in [0.1, 0.15) is 18.0 Å². The Morgan fingerprint density at radius 2 is 2.00 bits per heavy atom. The molecule has 1 saturated carbocycles. The van der Waals surface area contributed by atoms with Gasteiger partial charge in [0.15, 0.2) is 0 Å². The molecule has 1 aliphatic carbocycles. The highest BCUT2D eigenvalue weighted by atomic mass is 19.1. The zero-order valence-electron chi connectivity index (χ0n) is 15.9. The molecule has 2 aliphatic rings. The van der Waals surface area contributed by atoms with E-state index >= 15 is 0 Å². The van der Waals surface area contributed by atoms with Gasteiger partial charge in [-0.3, -0.25) is 10.1 Å². The molecule has 1 aromatic rings. The average Bonchev–Trinajstić information content (AvgIpc) is 3.32. The summed E-state index contributed by atoms with van der Waals surface area (Å²) in [6.07, 6.45) is 1.72. The van der Waals surface area contributed by atoms with Crippen LogP contribution in [0.15, 0.2) is 6.20 Å². The number of nitrogens with zero attached hydrogens (tertiary/aromatic N) is 4. The van der Waals surface area contributed by atoms with Gasteiger partial charge < -0.3 is 15.0 Å². The van der Waals surface area contributed by atoms with Crippen molar-refractivity contribution in [3.05, 3.63) is 16.3 Å². The van der Waals surface area contributed by atoms with Crippen LogP contribution in [0.3, 0.4) is 0 Å². The van der Waals surface area contributed by atoms with Crippen molar-refractivity contribution >= 4 is 17.6 Å². The van der Waals surface area contributed by atoms with Gasteiger partial charge in [-0.25, -0.2) is 13.9 Å². The molecule has 2 atom stereocenters. The molecular weight excluding hydrogens is 357 g/mol. The van der Waals surface area contributed by atoms with Crippen molar-refractivity contribution in [1.29, 1.82) is 0 Å². The number of hydrogen-bond acceptors (Lipinski definition) is 6. The fourth-order valence-electron chi connectivity index (χ4n) is 3.27. The highest BCUT2D eigenvalue weighted by Crippen LogP contribution is 2.41. The van der Waals surface area contributed by atoms with Gasteiger partial charge in [-0.15, -0.1) is 0 Å². The molecule has 1 amide bonds. The van der Waals surface area contributed by atoms with Crippen molar-refractivity contribution < 1.29 is 18.8 Å². The van der Waals surface area contributed by atoms with Gasteiger partial charge in [0.05, 0.1) is 17.0 Å². The normalized spacial score (nSPS) is 23.6. The number of hydrogen-bond donors (Lipinski definition) is 1. The molecule has 10 heteroatoms. The lowest BCUT2D eigenvalue weighted by Gasteiger charge is -2.24. The molecule has 150 valence electrons. The molecule has 2 fully saturated rings. The van der Waals surface area contributed by atoms with Crippen LogP contribution in [-0.4, -0.2) is 51.7 Å². The summed E-state index contributed by atoms with van der Waals surface area (Å²) < 4.78 is 21.5. The predicted octanol–water partition coefficient (Wildman–Crippen LogP) is 2.96. The molecule has 1 aliphatic heterocycles. The standard InChI is InChI=1S/C17H26FN5O4/c1-17(2,3)27-16(24)20-13-7-9-21(8-6-12(13)18)15-14(23(25)26)10-19-22(15)11-4-5-11/h10-13H,4-9H2,1-3H3,(H,20,24). The first-order valence-electron chi connectivity index (χ1n) is 9.26. The van der Waals surface area contributed by atoms with E-state index < -0.39 is 28.8 Å². The van der Waals surface area contributed by atoms with E-state index in [2.05, 4.69) is 10.4 Å². The second-order valence-electron chi connectivity index (χ2n) is 8.12. The summed E-state index contributed by atoms with van der Waals surface area (Å²) >= 11 is 0. The molecule has 1 saturated heterocycles. The predicted molar refractivity (Wildman–Crippen MR) is 96.7 cm³/mol. The molecule has 9 nitrogen and oxygen atoms in total. The molecule has 0 aromatic carbocycles. The third-order valence-electron chi connectivity index (χ3n) is 4.66. The van der Waals surface area contributed by atoms with E-state index in [4.69, 9.17) is 4.74 Å². The van der Waals surface area contributed by atoms with Crippen LogP contribution in [0.5, 0.6) is 0 Å². The van der Waals surface area contributed by atoms with E-state index in [-0.39, 0.29) is 18.2 Å². The van der Waals surface area contributed by atoms with E-state index in [1.807, 2.05) is 4.90 Å². The van der Waals surface area contributed by atoms with Crippen LogP contribution in [0.1, 0.15) is 52.5 Å². The first kappa shape index (κ1) is 19.4. The summed E-state index contributed by atoms with van der Waals surface area (Å²) in [6.45, 7) is 5.94. The number of ether oxygens (including phenoxy) is 1. The van der Waals surface area contributed by atoms with Crippen LogP contribution in [0, 0.1) is 10.1 Å². The number of nitrogens with one attached hydrogen (secondary N) is 1. The Hall–Kier alpha value is -2.39. The number of halogens is 1. The topological polar surface area (TPSA) is 103 Å². The largest absolute Gasteiger partial charge is 0.444 e. The molecular formula is C17H26FN5O4. The van der Waals surface area contributed by atoms with Crippen molar-refractivity contribution in [1.82, 2.24) is 15.1 Å². The molecule has 3 rings (SSSR count). The smallest absolute Gasteiger partial charge is 0.407 e. The number of aromatic nitrogens is 2. The number of carbonyl (C=O) groups is 1. The first-order valence-corrected chi connectivity index (χ1v) is 9.26. The lowest BCUT2D eigenvalue weighted by atomic mass is 10.1. The minimum Gasteiger partial charge on any atom is -0.444 e. The van der Waals surface area contributed by atoms with E-state index in [0.717, 1.165) is 12.8 Å². The van der Waals surface area contributed by atoms with Crippen LogP contribution in [0.4, 0.5) is 20.7 Å². The van der Waals surface area contributed by atoms with E-state index in [1.54, 1.807) is 25.5 Å². The summed E-state index contributed by atoms with van der Waals surface area (Å²) in [5.74, 6) is 0.438. The van der Waals surface area contributed by atoms with Crippen molar-refractivity contribution in [2.75, 3.05) is 18.0 Å². The minimum atomic E-state index is -1.25. The van der Waals surface area contributed by atoms with Gasteiger partial charge in [0.2, 0.25) is 5.82 Å². The monoisotopic (exact) mass is 383 g/mol. The Morgan fingerprint density at radius 3 is 2.59 bits per heavy atom.